The summed E-state index contributed by atoms with van der Waals surface area (Å²) in [5.74, 6) is 0.0536. The fourth-order valence-electron chi connectivity index (χ4n) is 3.66. The summed E-state index contributed by atoms with van der Waals surface area (Å²) in [6.45, 7) is 2.05. The number of fused-ring (bicyclic) bond motifs is 2. The molecule has 7 heteroatoms. The number of para-hydroxylation sites is 2. The van der Waals surface area contributed by atoms with E-state index in [2.05, 4.69) is 44.9 Å². The number of benzene rings is 2. The maximum Gasteiger partial charge on any atom is 0.228 e. The number of likely N-dealkylation sites (N-methyl/N-ethyl adjacent to an activating group) is 1. The summed E-state index contributed by atoms with van der Waals surface area (Å²) in [7, 11) is 1.85. The minimum atomic E-state index is -0.0326. The Labute approximate surface area is 178 Å². The molecule has 3 heterocycles. The van der Waals surface area contributed by atoms with Crippen molar-refractivity contribution in [1.29, 1.82) is 0 Å². The van der Waals surface area contributed by atoms with Gasteiger partial charge in [0.15, 0.2) is 4.96 Å². The zero-order valence-corrected chi connectivity index (χ0v) is 17.6. The van der Waals surface area contributed by atoms with Crippen molar-refractivity contribution in [3.63, 3.8) is 0 Å². The van der Waals surface area contributed by atoms with Gasteiger partial charge in [-0.15, -0.1) is 11.3 Å². The van der Waals surface area contributed by atoms with Crippen LogP contribution in [0.25, 0.3) is 21.7 Å². The van der Waals surface area contributed by atoms with Gasteiger partial charge in [-0.1, -0.05) is 24.3 Å². The van der Waals surface area contributed by atoms with Crippen LogP contribution in [0.4, 0.5) is 0 Å². The van der Waals surface area contributed by atoms with Crippen LogP contribution in [0.5, 0.6) is 0 Å². The fraction of sp³-hybridized carbons (Fsp3) is 0.174. The summed E-state index contributed by atoms with van der Waals surface area (Å²) >= 11 is 1.57. The van der Waals surface area contributed by atoms with Crippen LogP contribution in [-0.4, -0.2) is 36.8 Å². The average molecular weight is 416 g/mol. The second kappa shape index (κ2) is 7.42. The summed E-state index contributed by atoms with van der Waals surface area (Å²) in [6, 6.07) is 16.3. The Bertz CT molecular complexity index is 1300. The molecule has 0 aliphatic heterocycles. The normalized spacial score (nSPS) is 12.5. The first-order valence-corrected chi connectivity index (χ1v) is 10.7. The van der Waals surface area contributed by atoms with Crippen LogP contribution < -0.4 is 0 Å². The standard InChI is InChI=1S/C23H21N5OS/c1-16(26(2)22(29)13-18-14-27-11-12-30-23(27)25-18)17-7-9-19(10-8-17)28-15-24-20-5-3-4-6-21(20)28/h3-12,14-16H,13H2,1-2H3. The molecule has 1 unspecified atom stereocenters. The van der Waals surface area contributed by atoms with Crippen LogP contribution in [0.15, 0.2) is 72.6 Å². The average Bonchev–Trinajstić information content (AvgIpc) is 3.47. The lowest BCUT2D eigenvalue weighted by Crippen LogP contribution is -2.31. The van der Waals surface area contributed by atoms with Gasteiger partial charge in [0.05, 0.1) is 29.2 Å². The third-order valence-corrected chi connectivity index (χ3v) is 6.33. The van der Waals surface area contributed by atoms with Gasteiger partial charge in [-0.3, -0.25) is 13.8 Å². The van der Waals surface area contributed by atoms with Crippen molar-refractivity contribution in [1.82, 2.24) is 23.8 Å². The minimum absolute atomic E-state index is 0.0326. The fourth-order valence-corrected chi connectivity index (χ4v) is 4.38. The minimum Gasteiger partial charge on any atom is -0.339 e. The molecule has 0 aliphatic carbocycles. The van der Waals surface area contributed by atoms with Gasteiger partial charge in [0.25, 0.3) is 0 Å². The van der Waals surface area contributed by atoms with Gasteiger partial charge in [-0.25, -0.2) is 9.97 Å². The molecule has 2 aromatic carbocycles. The first-order valence-electron chi connectivity index (χ1n) is 9.79. The quantitative estimate of drug-likeness (QED) is 0.425. The highest BCUT2D eigenvalue weighted by Crippen LogP contribution is 2.23. The van der Waals surface area contributed by atoms with Crippen LogP contribution in [0.1, 0.15) is 24.2 Å². The third kappa shape index (κ3) is 3.27. The van der Waals surface area contributed by atoms with Crippen molar-refractivity contribution in [2.75, 3.05) is 7.05 Å². The van der Waals surface area contributed by atoms with E-state index in [0.717, 1.165) is 32.9 Å². The Morgan fingerprint density at radius 2 is 1.97 bits per heavy atom. The number of nitrogens with zero attached hydrogens (tertiary/aromatic N) is 5. The van der Waals surface area contributed by atoms with Crippen molar-refractivity contribution in [3.05, 3.63) is 83.9 Å². The Morgan fingerprint density at radius 3 is 2.77 bits per heavy atom. The molecule has 3 aromatic heterocycles. The van der Waals surface area contributed by atoms with Gasteiger partial charge in [-0.2, -0.15) is 0 Å². The van der Waals surface area contributed by atoms with Crippen molar-refractivity contribution in [2.24, 2.45) is 0 Å². The first kappa shape index (κ1) is 18.6. The van der Waals surface area contributed by atoms with E-state index in [-0.39, 0.29) is 11.9 Å². The molecule has 0 saturated heterocycles. The monoisotopic (exact) mass is 415 g/mol. The van der Waals surface area contributed by atoms with Crippen molar-refractivity contribution >= 4 is 33.2 Å². The lowest BCUT2D eigenvalue weighted by Gasteiger charge is -2.25. The molecule has 0 aliphatic rings. The summed E-state index contributed by atoms with van der Waals surface area (Å²) in [4.78, 5) is 24.5. The summed E-state index contributed by atoms with van der Waals surface area (Å²) in [6.07, 6.45) is 6.02. The van der Waals surface area contributed by atoms with E-state index in [9.17, 15) is 4.79 Å². The van der Waals surface area contributed by atoms with E-state index in [1.807, 2.05) is 60.7 Å². The number of thiazole rings is 1. The van der Waals surface area contributed by atoms with Gasteiger partial charge in [0.1, 0.15) is 6.33 Å². The van der Waals surface area contributed by atoms with Gasteiger partial charge in [0, 0.05) is 30.5 Å². The van der Waals surface area contributed by atoms with Crippen LogP contribution in [0.2, 0.25) is 0 Å². The topological polar surface area (TPSA) is 55.4 Å². The molecular weight excluding hydrogens is 394 g/mol. The molecule has 0 fully saturated rings. The molecule has 1 amide bonds. The van der Waals surface area contributed by atoms with Gasteiger partial charge in [-0.05, 0) is 36.8 Å². The highest BCUT2D eigenvalue weighted by molar-refractivity contribution is 7.15. The number of carbonyl (C=O) groups excluding carboxylic acids is 1. The Hall–Kier alpha value is -3.45. The molecule has 0 spiro atoms. The van der Waals surface area contributed by atoms with E-state index in [1.54, 1.807) is 16.2 Å². The van der Waals surface area contributed by atoms with E-state index in [0.29, 0.717) is 6.42 Å². The van der Waals surface area contributed by atoms with Gasteiger partial charge < -0.3 is 4.90 Å². The first-order chi connectivity index (χ1) is 14.6. The number of carbonyl (C=O) groups is 1. The molecule has 150 valence electrons. The van der Waals surface area contributed by atoms with Crippen molar-refractivity contribution in [2.45, 2.75) is 19.4 Å². The highest BCUT2D eigenvalue weighted by atomic mass is 32.1. The highest BCUT2D eigenvalue weighted by Gasteiger charge is 2.19. The Balaban J connectivity index is 1.32. The summed E-state index contributed by atoms with van der Waals surface area (Å²) in [5.41, 5.74) is 4.98. The second-order valence-corrected chi connectivity index (χ2v) is 8.25. The number of hydrogen-bond donors (Lipinski definition) is 0. The molecule has 5 rings (SSSR count). The second-order valence-electron chi connectivity index (χ2n) is 7.38. The van der Waals surface area contributed by atoms with E-state index < -0.39 is 0 Å². The molecule has 0 bridgehead atoms. The predicted octanol–water partition coefficient (Wildman–Crippen LogP) is 4.50. The van der Waals surface area contributed by atoms with Crippen molar-refractivity contribution in [3.8, 4) is 5.69 Å². The molecule has 5 aromatic rings. The van der Waals surface area contributed by atoms with Crippen LogP contribution in [0.3, 0.4) is 0 Å². The zero-order chi connectivity index (χ0) is 20.7. The predicted molar refractivity (Wildman–Crippen MR) is 119 cm³/mol. The lowest BCUT2D eigenvalue weighted by molar-refractivity contribution is -0.131. The summed E-state index contributed by atoms with van der Waals surface area (Å²) in [5, 5.41) is 1.98. The molecule has 0 saturated carbocycles. The number of amides is 1. The van der Waals surface area contributed by atoms with E-state index in [1.165, 1.54) is 0 Å². The van der Waals surface area contributed by atoms with E-state index in [4.69, 9.17) is 0 Å². The van der Waals surface area contributed by atoms with Crippen molar-refractivity contribution < 1.29 is 4.79 Å². The lowest BCUT2D eigenvalue weighted by atomic mass is 10.1. The van der Waals surface area contributed by atoms with Crippen LogP contribution in [-0.2, 0) is 11.2 Å². The van der Waals surface area contributed by atoms with Crippen LogP contribution in [0, 0.1) is 0 Å². The Morgan fingerprint density at radius 1 is 1.17 bits per heavy atom. The molecular formula is C23H21N5OS. The molecule has 0 radical (unpaired) electrons. The SMILES string of the molecule is CC(c1ccc(-n2cnc3ccccc32)cc1)N(C)C(=O)Cc1cn2ccsc2n1. The molecule has 30 heavy (non-hydrogen) atoms. The van der Waals surface area contributed by atoms with Crippen LogP contribution >= 0.6 is 11.3 Å². The third-order valence-electron chi connectivity index (χ3n) is 5.56. The number of hydrogen-bond acceptors (Lipinski definition) is 4. The smallest absolute Gasteiger partial charge is 0.228 e. The largest absolute Gasteiger partial charge is 0.339 e. The summed E-state index contributed by atoms with van der Waals surface area (Å²) < 4.78 is 4.03. The Kier molecular flexibility index (Phi) is 4.59. The van der Waals surface area contributed by atoms with Gasteiger partial charge in [0.2, 0.25) is 5.91 Å². The maximum absolute atomic E-state index is 12.8. The molecule has 1 atom stereocenters. The number of imidazole rings is 2. The maximum atomic E-state index is 12.8. The molecule has 6 nitrogen and oxygen atoms in total. The number of rotatable bonds is 5. The zero-order valence-electron chi connectivity index (χ0n) is 16.8. The molecule has 0 N–H and O–H groups in total. The van der Waals surface area contributed by atoms with E-state index >= 15 is 0 Å². The number of aromatic nitrogens is 4. The van der Waals surface area contributed by atoms with Gasteiger partial charge >= 0.3 is 0 Å².